The van der Waals surface area contributed by atoms with E-state index in [1.54, 1.807) is 7.11 Å². The number of aliphatic hydroxyl groups is 3. The van der Waals surface area contributed by atoms with Crippen molar-refractivity contribution in [3.8, 4) is 5.75 Å². The maximum absolute atomic E-state index is 15.4. The highest BCUT2D eigenvalue weighted by Gasteiger charge is 2.78. The number of hydrogen-bond donors (Lipinski definition) is 6. The molecule has 6 aliphatic rings. The van der Waals surface area contributed by atoms with Gasteiger partial charge in [0.1, 0.15) is 23.3 Å². The normalized spacial score (nSPS) is 34.7. The van der Waals surface area contributed by atoms with Gasteiger partial charge >= 0.3 is 11.9 Å². The number of fused-ring (bicyclic) bond motifs is 6. The minimum absolute atomic E-state index is 0.0144. The van der Waals surface area contributed by atoms with Gasteiger partial charge in [-0.2, -0.15) is 0 Å². The number of ether oxygens (including phenoxy) is 3. The van der Waals surface area contributed by atoms with E-state index in [-0.39, 0.29) is 31.5 Å². The van der Waals surface area contributed by atoms with E-state index in [0.717, 1.165) is 33.4 Å². The second kappa shape index (κ2) is 16.9. The number of anilines is 1. The number of carbonyl (C=O) groups is 3. The van der Waals surface area contributed by atoms with Gasteiger partial charge in [-0.15, -0.1) is 0 Å². The lowest BCUT2D eigenvalue weighted by Gasteiger charge is -2.63. The number of carbonyl (C=O) groups excluding carboxylic acids is 3. The molecule has 1 saturated carbocycles. The first-order valence-corrected chi connectivity index (χ1v) is 24.4. The second-order valence-electron chi connectivity index (χ2n) is 21.7. The summed E-state index contributed by atoms with van der Waals surface area (Å²) in [5.41, 5.74) is 3.81. The molecular formula is C52H72N6O9. The van der Waals surface area contributed by atoms with Gasteiger partial charge in [0, 0.05) is 90.6 Å². The lowest BCUT2D eigenvalue weighted by Crippen LogP contribution is -2.81. The molecule has 67 heavy (non-hydrogen) atoms. The van der Waals surface area contributed by atoms with Crippen molar-refractivity contribution >= 4 is 34.4 Å². The van der Waals surface area contributed by atoms with Gasteiger partial charge in [0.25, 0.3) is 5.91 Å². The van der Waals surface area contributed by atoms with Crippen LogP contribution in [0.15, 0.2) is 48.6 Å². The minimum Gasteiger partial charge on any atom is -0.496 e. The lowest BCUT2D eigenvalue weighted by molar-refractivity contribution is -0.203. The summed E-state index contributed by atoms with van der Waals surface area (Å²) in [4.78, 5) is 53.6. The Hall–Kier alpha value is -4.51. The van der Waals surface area contributed by atoms with E-state index >= 15 is 9.59 Å². The van der Waals surface area contributed by atoms with Gasteiger partial charge in [-0.1, -0.05) is 65.0 Å². The van der Waals surface area contributed by atoms with E-state index < -0.39 is 68.9 Å². The molecule has 7 unspecified atom stereocenters. The van der Waals surface area contributed by atoms with Gasteiger partial charge in [0.2, 0.25) is 0 Å². The molecule has 6 heterocycles. The number of nitrogens with zero attached hydrogens (tertiary/aromatic N) is 3. The third-order valence-electron chi connectivity index (χ3n) is 17.2. The molecule has 9 rings (SSSR count). The van der Waals surface area contributed by atoms with E-state index in [0.29, 0.717) is 82.6 Å². The van der Waals surface area contributed by atoms with Gasteiger partial charge in [-0.25, -0.2) is 0 Å². The largest absolute Gasteiger partial charge is 0.496 e. The maximum Gasteiger partial charge on any atom is 0.323 e. The summed E-state index contributed by atoms with van der Waals surface area (Å²) >= 11 is 0. The molecule has 7 N–H and O–H groups in total. The molecule has 1 aliphatic carbocycles. The van der Waals surface area contributed by atoms with Crippen LogP contribution >= 0.6 is 0 Å². The molecule has 0 radical (unpaired) electrons. The summed E-state index contributed by atoms with van der Waals surface area (Å²) in [5, 5.41) is 42.4. The van der Waals surface area contributed by atoms with Crippen LogP contribution in [0.4, 0.5) is 5.69 Å². The quantitative estimate of drug-likeness (QED) is 0.0926. The van der Waals surface area contributed by atoms with Crippen LogP contribution in [-0.4, -0.2) is 151 Å². The van der Waals surface area contributed by atoms with Crippen molar-refractivity contribution in [1.82, 2.24) is 20.1 Å². The summed E-state index contributed by atoms with van der Waals surface area (Å²) in [6, 6.07) is 10.1. The predicted molar refractivity (Wildman–Crippen MR) is 255 cm³/mol. The van der Waals surface area contributed by atoms with E-state index in [2.05, 4.69) is 32.2 Å². The number of esters is 2. The summed E-state index contributed by atoms with van der Waals surface area (Å²) in [6.07, 6.45) is 5.84. The number of hydrogen-bond acceptors (Lipinski definition) is 13. The van der Waals surface area contributed by atoms with Crippen LogP contribution < -0.4 is 20.7 Å². The molecule has 15 nitrogen and oxygen atoms in total. The zero-order chi connectivity index (χ0) is 48.1. The Morgan fingerprint density at radius 3 is 2.49 bits per heavy atom. The van der Waals surface area contributed by atoms with Crippen molar-refractivity contribution in [2.24, 2.45) is 22.5 Å². The van der Waals surface area contributed by atoms with Crippen LogP contribution in [-0.2, 0) is 41.1 Å². The maximum atomic E-state index is 15.4. The van der Waals surface area contributed by atoms with Crippen molar-refractivity contribution in [2.45, 2.75) is 126 Å². The fraction of sp³-hybridized carbons (Fsp3) is 0.635. The van der Waals surface area contributed by atoms with Crippen molar-refractivity contribution in [1.29, 1.82) is 0 Å². The molecule has 2 bridgehead atoms. The van der Waals surface area contributed by atoms with E-state index in [1.165, 1.54) is 7.11 Å². The number of amides is 1. The molecule has 2 aromatic carbocycles. The molecule has 3 fully saturated rings. The highest BCUT2D eigenvalue weighted by atomic mass is 16.5. The Labute approximate surface area is 394 Å². The van der Waals surface area contributed by atoms with Gasteiger partial charge in [0.15, 0.2) is 5.60 Å². The SMILES string of the molecule is CCC1(O)CC2CN(CCc3c([nH]c4ccccc34)[C@@](C(=O)OC)(c3cc4c(cc3OC)N(C)C3C45CCN4CC=C[C@](CC)(C45)[C@@H](O)[C@]3(O)C(=O)NCCCOC(=O)C(N)C(C)(C)C)C2)C1. The van der Waals surface area contributed by atoms with Gasteiger partial charge in [-0.05, 0) is 86.1 Å². The number of aromatic nitrogens is 1. The Balaban J connectivity index is 1.21. The number of aromatic amines is 1. The van der Waals surface area contributed by atoms with Gasteiger partial charge < -0.3 is 50.5 Å². The van der Waals surface area contributed by atoms with Crippen LogP contribution in [0.3, 0.4) is 0 Å². The van der Waals surface area contributed by atoms with Crippen molar-refractivity contribution in [3.63, 3.8) is 0 Å². The molecule has 15 heteroatoms. The van der Waals surface area contributed by atoms with E-state index in [4.69, 9.17) is 19.9 Å². The number of piperidine rings is 1. The van der Waals surface area contributed by atoms with Crippen LogP contribution in [0.2, 0.25) is 0 Å². The number of para-hydroxylation sites is 1. The van der Waals surface area contributed by atoms with Crippen molar-refractivity contribution in [2.75, 3.05) is 72.0 Å². The van der Waals surface area contributed by atoms with Crippen molar-refractivity contribution in [3.05, 3.63) is 70.9 Å². The summed E-state index contributed by atoms with van der Waals surface area (Å²) in [5.74, 6) is -1.36. The molecule has 1 amide bonds. The topological polar surface area (TPSA) is 203 Å². The minimum atomic E-state index is -2.34. The first-order chi connectivity index (χ1) is 31.8. The molecule has 364 valence electrons. The lowest BCUT2D eigenvalue weighted by atomic mass is 9.47. The smallest absolute Gasteiger partial charge is 0.323 e. The number of likely N-dealkylation sites (N-methyl/N-ethyl adjacent to an activating group) is 1. The summed E-state index contributed by atoms with van der Waals surface area (Å²) in [7, 11) is 4.90. The number of aliphatic hydroxyl groups excluding tert-OH is 1. The Morgan fingerprint density at radius 2 is 1.79 bits per heavy atom. The fourth-order valence-corrected chi connectivity index (χ4v) is 14.1. The Bertz CT molecular complexity index is 2470. The number of nitrogens with one attached hydrogen (secondary N) is 2. The van der Waals surface area contributed by atoms with E-state index in [1.807, 2.05) is 83.0 Å². The average Bonchev–Trinajstić information content (AvgIpc) is 3.97. The number of methoxy groups -OCH3 is 2. The van der Waals surface area contributed by atoms with Gasteiger partial charge in [-0.3, -0.25) is 24.2 Å². The third-order valence-corrected chi connectivity index (χ3v) is 17.2. The van der Waals surface area contributed by atoms with E-state index in [9.17, 15) is 20.1 Å². The molecular weight excluding hydrogens is 853 g/mol. The highest BCUT2D eigenvalue weighted by Crippen LogP contribution is 2.67. The zero-order valence-corrected chi connectivity index (χ0v) is 40.6. The molecule has 5 aliphatic heterocycles. The first kappa shape index (κ1) is 47.6. The van der Waals surface area contributed by atoms with Crippen LogP contribution in [0.1, 0.15) is 95.5 Å². The molecule has 11 atom stereocenters. The first-order valence-electron chi connectivity index (χ1n) is 24.4. The van der Waals surface area contributed by atoms with Crippen LogP contribution in [0.25, 0.3) is 10.9 Å². The molecule has 1 spiro atoms. The van der Waals surface area contributed by atoms with Crippen LogP contribution in [0, 0.1) is 16.7 Å². The number of nitrogens with two attached hydrogens (primary N) is 1. The third kappa shape index (κ3) is 6.91. The average molecular weight is 925 g/mol. The molecule has 1 aromatic heterocycles. The Kier molecular flexibility index (Phi) is 12.0. The highest BCUT2D eigenvalue weighted by molar-refractivity contribution is 5.95. The number of rotatable bonds is 11. The predicted octanol–water partition coefficient (Wildman–Crippen LogP) is 3.67. The molecule has 3 aromatic rings. The summed E-state index contributed by atoms with van der Waals surface area (Å²) in [6.45, 7) is 12.9. The Morgan fingerprint density at radius 1 is 1.03 bits per heavy atom. The van der Waals surface area contributed by atoms with Crippen molar-refractivity contribution < 1.29 is 43.9 Å². The zero-order valence-electron chi connectivity index (χ0n) is 40.6. The monoisotopic (exact) mass is 925 g/mol. The van der Waals surface area contributed by atoms with Crippen LogP contribution in [0.5, 0.6) is 5.75 Å². The standard InChI is InChI=1S/C52H72N6O9/c1-9-48(63)27-31-28-51(46(62)66-8,40-33(17-22-57(29-31)30-48)32-15-11-12-16-36(32)55-40)35-25-34-37(26-38(35)65-7)56(6)43-50(34)19-23-58-21-13-18-49(10-2,42(50)58)44(60)52(43,64)45(61)54-20-14-24-67-41(59)39(53)47(3,4)5/h11-13,15-16,18,25-26,31,39,42-44,55,60,63-64H,9-10,14,17,19-24,27-30,53H2,1-8H3,(H,54,61)/t31?,39?,42?,43?,44-,48?,49-,50?,51+,52+/m1/s1. The number of benzene rings is 2. The second-order valence-corrected chi connectivity index (χ2v) is 21.7. The fourth-order valence-electron chi connectivity index (χ4n) is 14.1. The number of H-pyrrole nitrogens is 1. The summed E-state index contributed by atoms with van der Waals surface area (Å²) < 4.78 is 17.9. The molecule has 2 saturated heterocycles. The van der Waals surface area contributed by atoms with Gasteiger partial charge in [0.05, 0.1) is 32.5 Å².